The van der Waals surface area contributed by atoms with Crippen LogP contribution >= 0.6 is 0 Å². The summed E-state index contributed by atoms with van der Waals surface area (Å²) in [6, 6.07) is 9.49. The fourth-order valence-electron chi connectivity index (χ4n) is 5.16. The summed E-state index contributed by atoms with van der Waals surface area (Å²) < 4.78 is 5.64. The van der Waals surface area contributed by atoms with Crippen LogP contribution in [0.5, 0.6) is 5.75 Å². The largest absolute Gasteiger partial charge is 0.486 e. The third-order valence-corrected chi connectivity index (χ3v) is 7.32. The third kappa shape index (κ3) is 6.58. The van der Waals surface area contributed by atoms with Crippen molar-refractivity contribution in [3.63, 3.8) is 0 Å². The maximum absolute atomic E-state index is 13.3. The van der Waals surface area contributed by atoms with Crippen molar-refractivity contribution in [2.45, 2.75) is 90.0 Å². The zero-order valence-corrected chi connectivity index (χ0v) is 20.4. The highest BCUT2D eigenvalue weighted by Crippen LogP contribution is 2.35. The average Bonchev–Trinajstić information content (AvgIpc) is 3.08. The van der Waals surface area contributed by atoms with Crippen LogP contribution in [0.2, 0.25) is 0 Å². The average molecular weight is 456 g/mol. The number of carbonyl (C=O) groups excluding carboxylic acids is 2. The Kier molecular flexibility index (Phi) is 9.33. The summed E-state index contributed by atoms with van der Waals surface area (Å²) >= 11 is 0. The molecule has 1 aromatic rings. The Bertz CT molecular complexity index is 792. The van der Waals surface area contributed by atoms with Gasteiger partial charge in [-0.2, -0.15) is 0 Å². The van der Waals surface area contributed by atoms with E-state index in [0.717, 1.165) is 76.4 Å². The van der Waals surface area contributed by atoms with Crippen molar-refractivity contribution in [1.82, 2.24) is 4.90 Å². The Labute approximate surface area is 199 Å². The lowest BCUT2D eigenvalue weighted by Gasteiger charge is -2.30. The molecule has 1 saturated carbocycles. The Morgan fingerprint density at radius 1 is 1.09 bits per heavy atom. The lowest BCUT2D eigenvalue weighted by Crippen LogP contribution is -2.45. The summed E-state index contributed by atoms with van der Waals surface area (Å²) in [5.41, 5.74) is 5.60. The summed E-state index contributed by atoms with van der Waals surface area (Å²) in [4.78, 5) is 32.3. The van der Waals surface area contributed by atoms with Gasteiger partial charge in [0.05, 0.1) is 0 Å². The van der Waals surface area contributed by atoms with Crippen LogP contribution in [0.25, 0.3) is 0 Å². The highest BCUT2D eigenvalue weighted by atomic mass is 16.5. The Hall–Kier alpha value is -2.37. The van der Waals surface area contributed by atoms with Crippen LogP contribution in [-0.2, 0) is 9.59 Å². The van der Waals surface area contributed by atoms with Gasteiger partial charge in [-0.25, -0.2) is 4.99 Å². The number of carbonyl (C=O) groups is 2. The molecule has 2 aliphatic rings. The SMILES string of the molecule is CCCCC1(CCCC)N=C(N)N(CCC2CCC(C(=O)COc3ccccc3)CC2)C1=O. The molecule has 182 valence electrons. The Morgan fingerprint density at radius 3 is 2.33 bits per heavy atom. The van der Waals surface area contributed by atoms with Gasteiger partial charge in [-0.1, -0.05) is 57.7 Å². The molecule has 0 unspecified atom stereocenters. The number of rotatable bonds is 13. The highest BCUT2D eigenvalue weighted by Gasteiger charge is 2.46. The first-order valence-electron chi connectivity index (χ1n) is 12.9. The van der Waals surface area contributed by atoms with Gasteiger partial charge in [0.2, 0.25) is 0 Å². The van der Waals surface area contributed by atoms with Crippen LogP contribution in [0, 0.1) is 11.8 Å². The number of Topliss-reactive ketones (excluding diaryl/α,β-unsaturated/α-hetero) is 1. The second-order valence-electron chi connectivity index (χ2n) is 9.74. The van der Waals surface area contributed by atoms with Crippen LogP contribution < -0.4 is 10.5 Å². The van der Waals surface area contributed by atoms with Gasteiger partial charge in [0.25, 0.3) is 5.91 Å². The summed E-state index contributed by atoms with van der Waals surface area (Å²) in [5.74, 6) is 2.03. The van der Waals surface area contributed by atoms with Gasteiger partial charge in [-0.15, -0.1) is 0 Å². The maximum atomic E-state index is 13.3. The van der Waals surface area contributed by atoms with Gasteiger partial charge in [-0.3, -0.25) is 14.5 Å². The molecule has 0 atom stereocenters. The number of para-hydroxylation sites is 1. The van der Waals surface area contributed by atoms with Crippen LogP contribution in [-0.4, -0.2) is 41.2 Å². The van der Waals surface area contributed by atoms with E-state index in [1.165, 1.54) is 0 Å². The van der Waals surface area contributed by atoms with E-state index in [9.17, 15) is 9.59 Å². The predicted octanol–water partition coefficient (Wildman–Crippen LogP) is 5.11. The first-order chi connectivity index (χ1) is 16.0. The second-order valence-corrected chi connectivity index (χ2v) is 9.74. The standard InChI is InChI=1S/C27H41N3O3/c1-3-5-17-27(18-6-4-2)25(32)30(26(28)29-27)19-16-21-12-14-22(15-13-21)24(31)20-33-23-10-8-7-9-11-23/h7-11,21-22H,3-6,12-20H2,1-2H3,(H2,28,29). The van der Waals surface area contributed by atoms with Crippen molar-refractivity contribution in [3.05, 3.63) is 30.3 Å². The van der Waals surface area contributed by atoms with E-state index in [1.54, 1.807) is 4.90 Å². The topological polar surface area (TPSA) is 85.0 Å². The fraction of sp³-hybridized carbons (Fsp3) is 0.667. The molecule has 6 heteroatoms. The number of benzene rings is 1. The molecule has 1 aromatic carbocycles. The van der Waals surface area contributed by atoms with Crippen molar-refractivity contribution in [1.29, 1.82) is 0 Å². The summed E-state index contributed by atoms with van der Waals surface area (Å²) in [6.45, 7) is 5.07. The molecule has 1 aliphatic carbocycles. The van der Waals surface area contributed by atoms with E-state index in [2.05, 4.69) is 13.8 Å². The lowest BCUT2D eigenvalue weighted by molar-refractivity contribution is -0.132. The smallest absolute Gasteiger partial charge is 0.257 e. The molecule has 6 nitrogen and oxygen atoms in total. The number of guanidine groups is 1. The van der Waals surface area contributed by atoms with Gasteiger partial charge < -0.3 is 10.5 Å². The van der Waals surface area contributed by atoms with E-state index in [4.69, 9.17) is 15.5 Å². The number of nitrogens with two attached hydrogens (primary N) is 1. The van der Waals surface area contributed by atoms with E-state index in [0.29, 0.717) is 18.4 Å². The van der Waals surface area contributed by atoms with Gasteiger partial charge in [-0.05, 0) is 63.0 Å². The minimum absolute atomic E-state index is 0.0840. The van der Waals surface area contributed by atoms with Gasteiger partial charge in [0, 0.05) is 12.5 Å². The maximum Gasteiger partial charge on any atom is 0.257 e. The number of nitrogens with zero attached hydrogens (tertiary/aromatic N) is 2. The lowest BCUT2D eigenvalue weighted by atomic mass is 9.79. The van der Waals surface area contributed by atoms with Crippen molar-refractivity contribution in [2.75, 3.05) is 13.2 Å². The zero-order valence-electron chi connectivity index (χ0n) is 20.4. The molecular weight excluding hydrogens is 414 g/mol. The third-order valence-electron chi connectivity index (χ3n) is 7.32. The molecule has 0 spiro atoms. The Morgan fingerprint density at radius 2 is 1.73 bits per heavy atom. The fourth-order valence-corrected chi connectivity index (χ4v) is 5.16. The normalized spacial score (nSPS) is 22.3. The minimum atomic E-state index is -0.640. The molecule has 33 heavy (non-hydrogen) atoms. The molecule has 0 aromatic heterocycles. The number of ether oxygens (including phenoxy) is 1. The number of hydrogen-bond donors (Lipinski definition) is 1. The predicted molar refractivity (Wildman–Crippen MR) is 132 cm³/mol. The number of hydrogen-bond acceptors (Lipinski definition) is 5. The first-order valence-corrected chi connectivity index (χ1v) is 12.9. The summed E-state index contributed by atoms with van der Waals surface area (Å²) in [7, 11) is 0. The first kappa shape index (κ1) is 25.3. The highest BCUT2D eigenvalue weighted by molar-refractivity contribution is 6.06. The van der Waals surface area contributed by atoms with Crippen molar-refractivity contribution in [2.24, 2.45) is 22.6 Å². The molecular formula is C27H41N3O3. The van der Waals surface area contributed by atoms with E-state index < -0.39 is 5.54 Å². The van der Waals surface area contributed by atoms with E-state index >= 15 is 0 Å². The zero-order chi connectivity index (χ0) is 23.7. The summed E-state index contributed by atoms with van der Waals surface area (Å²) in [5, 5.41) is 0. The number of amides is 1. The number of unbranched alkanes of at least 4 members (excludes halogenated alkanes) is 2. The van der Waals surface area contributed by atoms with Gasteiger partial charge in [0.15, 0.2) is 11.7 Å². The van der Waals surface area contributed by atoms with Gasteiger partial charge in [0.1, 0.15) is 17.9 Å². The molecule has 1 heterocycles. The van der Waals surface area contributed by atoms with Crippen LogP contribution in [0.15, 0.2) is 35.3 Å². The van der Waals surface area contributed by atoms with Gasteiger partial charge >= 0.3 is 0 Å². The molecule has 0 radical (unpaired) electrons. The van der Waals surface area contributed by atoms with E-state index in [1.807, 2.05) is 30.3 Å². The molecule has 1 amide bonds. The van der Waals surface area contributed by atoms with Crippen molar-refractivity contribution in [3.8, 4) is 5.75 Å². The molecule has 0 bridgehead atoms. The molecule has 0 saturated heterocycles. The molecule has 1 fully saturated rings. The minimum Gasteiger partial charge on any atom is -0.486 e. The van der Waals surface area contributed by atoms with Crippen molar-refractivity contribution >= 4 is 17.6 Å². The van der Waals surface area contributed by atoms with Crippen LogP contribution in [0.4, 0.5) is 0 Å². The summed E-state index contributed by atoms with van der Waals surface area (Å²) in [6.07, 6.45) is 10.4. The quantitative estimate of drug-likeness (QED) is 0.448. The molecule has 1 aliphatic heterocycles. The molecule has 2 N–H and O–H groups in total. The van der Waals surface area contributed by atoms with Crippen LogP contribution in [0.1, 0.15) is 84.5 Å². The number of aliphatic imine (C=N–C) groups is 1. The number of ketones is 1. The van der Waals surface area contributed by atoms with Crippen molar-refractivity contribution < 1.29 is 14.3 Å². The monoisotopic (exact) mass is 455 g/mol. The molecule has 3 rings (SSSR count). The Balaban J connectivity index is 1.45. The van der Waals surface area contributed by atoms with E-state index in [-0.39, 0.29) is 24.2 Å². The van der Waals surface area contributed by atoms with Crippen LogP contribution in [0.3, 0.4) is 0 Å². The second kappa shape index (κ2) is 12.2.